The van der Waals surface area contributed by atoms with E-state index >= 15 is 0 Å². The fourth-order valence-corrected chi connectivity index (χ4v) is 3.76. The van der Waals surface area contributed by atoms with Crippen molar-refractivity contribution < 1.29 is 18.9 Å². The lowest BCUT2D eigenvalue weighted by Gasteiger charge is -2.18. The molecule has 2 amide bonds. The molecule has 0 aliphatic heterocycles. The van der Waals surface area contributed by atoms with E-state index < -0.39 is 16.9 Å². The molecule has 37 heavy (non-hydrogen) atoms. The number of carbonyl (C=O) groups excluding carboxylic acids is 2. The molecule has 0 saturated heterocycles. The van der Waals surface area contributed by atoms with Gasteiger partial charge in [-0.1, -0.05) is 60.1 Å². The zero-order valence-electron chi connectivity index (χ0n) is 19.3. The first-order valence-electron chi connectivity index (χ1n) is 11.2. The monoisotopic (exact) mass is 516 g/mol. The molecule has 1 atom stereocenters. The van der Waals surface area contributed by atoms with Crippen LogP contribution >= 0.6 is 11.6 Å². The number of rotatable bonds is 9. The van der Waals surface area contributed by atoms with Gasteiger partial charge in [0.15, 0.2) is 0 Å². The van der Waals surface area contributed by atoms with Crippen LogP contribution in [0.2, 0.25) is 5.02 Å². The van der Waals surface area contributed by atoms with E-state index in [1.807, 2.05) is 36.4 Å². The smallest absolute Gasteiger partial charge is 0.270 e. The van der Waals surface area contributed by atoms with Crippen LogP contribution in [0.15, 0.2) is 101 Å². The molecule has 186 valence electrons. The first kappa shape index (κ1) is 25.3. The molecule has 4 rings (SSSR count). The summed E-state index contributed by atoms with van der Waals surface area (Å²) in [5, 5.41) is 18.2. The molecule has 9 nitrogen and oxygen atoms in total. The number of non-ortho nitro benzene ring substituents is 1. The Kier molecular flexibility index (Phi) is 8.07. The zero-order valence-corrected chi connectivity index (χ0v) is 20.1. The third kappa shape index (κ3) is 6.68. The molecule has 0 saturated carbocycles. The average Bonchev–Trinajstić information content (AvgIpc) is 3.38. The molecule has 4 aromatic rings. The van der Waals surface area contributed by atoms with Crippen molar-refractivity contribution in [2.45, 2.75) is 12.5 Å². The fourth-order valence-electron chi connectivity index (χ4n) is 3.55. The minimum atomic E-state index is -0.574. The molecule has 10 heteroatoms. The van der Waals surface area contributed by atoms with Crippen molar-refractivity contribution in [2.75, 3.05) is 0 Å². The molecule has 0 radical (unpaired) electrons. The highest BCUT2D eigenvalue weighted by molar-refractivity contribution is 6.33. The Labute approximate surface area is 216 Å². The van der Waals surface area contributed by atoms with Crippen LogP contribution in [0.1, 0.15) is 34.1 Å². The molecule has 0 fully saturated rings. The molecular weight excluding hydrogens is 496 g/mol. The molecule has 0 bridgehead atoms. The SMILES string of the molecule is O=C(C[C@@H](NC(=O)c1ccccc1)c1ccccc1)N/N=C\c1ccc(-c2cc([N+](=O)[O-])ccc2Cl)o1. The van der Waals surface area contributed by atoms with Gasteiger partial charge in [0.2, 0.25) is 5.91 Å². The number of furan rings is 1. The van der Waals surface area contributed by atoms with Crippen LogP contribution in [0.25, 0.3) is 11.3 Å². The van der Waals surface area contributed by atoms with Gasteiger partial charge in [-0.3, -0.25) is 19.7 Å². The topological polar surface area (TPSA) is 127 Å². The van der Waals surface area contributed by atoms with Gasteiger partial charge in [-0.15, -0.1) is 0 Å². The Balaban J connectivity index is 1.41. The minimum absolute atomic E-state index is 0.0490. The molecule has 0 aliphatic carbocycles. The summed E-state index contributed by atoms with van der Waals surface area (Å²) < 4.78 is 5.65. The zero-order chi connectivity index (χ0) is 26.2. The van der Waals surface area contributed by atoms with E-state index in [4.69, 9.17) is 16.0 Å². The van der Waals surface area contributed by atoms with Crippen LogP contribution in [0, 0.1) is 10.1 Å². The summed E-state index contributed by atoms with van der Waals surface area (Å²) in [5.74, 6) is -0.107. The molecule has 1 aromatic heterocycles. The average molecular weight is 517 g/mol. The summed E-state index contributed by atoms with van der Waals surface area (Å²) in [4.78, 5) is 35.8. The number of nitro benzene ring substituents is 1. The van der Waals surface area contributed by atoms with Gasteiger partial charge in [0.05, 0.1) is 28.6 Å². The normalized spacial score (nSPS) is 11.7. The predicted octanol–water partition coefficient (Wildman–Crippen LogP) is 5.52. The first-order valence-corrected chi connectivity index (χ1v) is 11.6. The van der Waals surface area contributed by atoms with E-state index in [0.29, 0.717) is 27.7 Å². The number of carbonyl (C=O) groups is 2. The number of benzene rings is 3. The number of nitrogens with one attached hydrogen (secondary N) is 2. The molecule has 2 N–H and O–H groups in total. The van der Waals surface area contributed by atoms with E-state index in [0.717, 1.165) is 5.56 Å². The van der Waals surface area contributed by atoms with E-state index in [9.17, 15) is 19.7 Å². The van der Waals surface area contributed by atoms with E-state index in [-0.39, 0.29) is 18.0 Å². The number of hydrogen-bond donors (Lipinski definition) is 2. The number of nitrogens with zero attached hydrogens (tertiary/aromatic N) is 2. The molecule has 0 spiro atoms. The van der Waals surface area contributed by atoms with Gasteiger partial charge in [0.25, 0.3) is 11.6 Å². The van der Waals surface area contributed by atoms with Crippen molar-refractivity contribution in [1.29, 1.82) is 0 Å². The molecule has 0 aliphatic rings. The maximum Gasteiger partial charge on any atom is 0.270 e. The number of hydrazone groups is 1. The maximum atomic E-state index is 12.7. The summed E-state index contributed by atoms with van der Waals surface area (Å²) in [6.45, 7) is 0. The van der Waals surface area contributed by atoms with Crippen molar-refractivity contribution in [1.82, 2.24) is 10.7 Å². The Morgan fingerprint density at radius 2 is 1.70 bits per heavy atom. The summed E-state index contributed by atoms with van der Waals surface area (Å²) in [5.41, 5.74) is 3.93. The lowest BCUT2D eigenvalue weighted by Crippen LogP contribution is -2.32. The van der Waals surface area contributed by atoms with Gasteiger partial charge in [-0.05, 0) is 35.9 Å². The van der Waals surface area contributed by atoms with Crippen molar-refractivity contribution >= 4 is 35.3 Å². The quantitative estimate of drug-likeness (QED) is 0.172. The summed E-state index contributed by atoms with van der Waals surface area (Å²) >= 11 is 6.16. The van der Waals surface area contributed by atoms with Crippen molar-refractivity contribution in [3.05, 3.63) is 123 Å². The van der Waals surface area contributed by atoms with E-state index in [1.54, 1.807) is 36.4 Å². The van der Waals surface area contributed by atoms with Crippen LogP contribution in [0.5, 0.6) is 0 Å². The van der Waals surface area contributed by atoms with Gasteiger partial charge in [0, 0.05) is 23.3 Å². The number of hydrogen-bond acceptors (Lipinski definition) is 6. The Bertz CT molecular complexity index is 1440. The number of nitro groups is 1. The van der Waals surface area contributed by atoms with Crippen molar-refractivity contribution in [2.24, 2.45) is 5.10 Å². The lowest BCUT2D eigenvalue weighted by molar-refractivity contribution is -0.384. The summed E-state index contributed by atoms with van der Waals surface area (Å²) in [6.07, 6.45) is 1.25. The maximum absolute atomic E-state index is 12.7. The van der Waals surface area contributed by atoms with Gasteiger partial charge in [0.1, 0.15) is 11.5 Å². The lowest BCUT2D eigenvalue weighted by atomic mass is 10.0. The molecule has 1 heterocycles. The number of amides is 2. The second kappa shape index (κ2) is 11.8. The highest BCUT2D eigenvalue weighted by Crippen LogP contribution is 2.32. The third-order valence-electron chi connectivity index (χ3n) is 5.37. The van der Waals surface area contributed by atoms with Gasteiger partial charge >= 0.3 is 0 Å². The van der Waals surface area contributed by atoms with Crippen LogP contribution in [-0.2, 0) is 4.79 Å². The third-order valence-corrected chi connectivity index (χ3v) is 5.70. The number of halogens is 1. The first-order chi connectivity index (χ1) is 17.9. The minimum Gasteiger partial charge on any atom is -0.455 e. The second-order valence-electron chi connectivity index (χ2n) is 7.92. The second-order valence-corrected chi connectivity index (χ2v) is 8.33. The standard InChI is InChI=1S/C27H21ClN4O5/c28-23-13-11-20(32(35)36)15-22(23)25-14-12-21(37-25)17-29-31-26(33)16-24(18-7-3-1-4-8-18)30-27(34)19-9-5-2-6-10-19/h1-15,17,24H,16H2,(H,30,34)(H,31,33)/b29-17-/t24-/m1/s1. The van der Waals surface area contributed by atoms with Crippen LogP contribution in [0.3, 0.4) is 0 Å². The van der Waals surface area contributed by atoms with Crippen LogP contribution in [0.4, 0.5) is 5.69 Å². The predicted molar refractivity (Wildman–Crippen MR) is 139 cm³/mol. The fraction of sp³-hybridized carbons (Fsp3) is 0.0741. The summed E-state index contributed by atoms with van der Waals surface area (Å²) in [6, 6.07) is 24.6. The highest BCUT2D eigenvalue weighted by atomic mass is 35.5. The molecule has 3 aromatic carbocycles. The molecule has 0 unspecified atom stereocenters. The van der Waals surface area contributed by atoms with Gasteiger partial charge in [-0.2, -0.15) is 5.10 Å². The van der Waals surface area contributed by atoms with Crippen LogP contribution < -0.4 is 10.7 Å². The van der Waals surface area contributed by atoms with Crippen LogP contribution in [-0.4, -0.2) is 23.0 Å². The molecular formula is C27H21ClN4O5. The Morgan fingerprint density at radius 3 is 2.41 bits per heavy atom. The van der Waals surface area contributed by atoms with Crippen molar-refractivity contribution in [3.8, 4) is 11.3 Å². The largest absolute Gasteiger partial charge is 0.455 e. The summed E-state index contributed by atoms with van der Waals surface area (Å²) in [7, 11) is 0. The van der Waals surface area contributed by atoms with Crippen molar-refractivity contribution in [3.63, 3.8) is 0 Å². The van der Waals surface area contributed by atoms with Gasteiger partial charge < -0.3 is 9.73 Å². The van der Waals surface area contributed by atoms with Gasteiger partial charge in [-0.25, -0.2) is 5.43 Å². The Hall–Kier alpha value is -4.76. The Morgan fingerprint density at radius 1 is 1.00 bits per heavy atom. The van der Waals surface area contributed by atoms with E-state index in [1.165, 1.54) is 24.4 Å². The highest BCUT2D eigenvalue weighted by Gasteiger charge is 2.19. The van der Waals surface area contributed by atoms with E-state index in [2.05, 4.69) is 15.8 Å².